The number of carboxylic acids is 2. The maximum absolute atomic E-state index is 12.1. The van der Waals surface area contributed by atoms with Crippen LogP contribution in [0.15, 0.2) is 29.1 Å². The highest BCUT2D eigenvalue weighted by atomic mass is 16.4. The van der Waals surface area contributed by atoms with E-state index in [1.807, 2.05) is 19.0 Å². The van der Waals surface area contributed by atoms with E-state index >= 15 is 0 Å². The lowest BCUT2D eigenvalue weighted by atomic mass is 9.92. The summed E-state index contributed by atoms with van der Waals surface area (Å²) in [6.07, 6.45) is 0. The minimum absolute atomic E-state index is 0.186. The molecule has 0 unspecified atom stereocenters. The number of aromatic nitrogens is 1. The van der Waals surface area contributed by atoms with Gasteiger partial charge >= 0.3 is 11.9 Å². The third-order valence-corrected chi connectivity index (χ3v) is 3.45. The normalized spacial score (nSPS) is 10.8. The Balaban J connectivity index is 2.95. The summed E-state index contributed by atoms with van der Waals surface area (Å²) in [7, 11) is 3.64. The number of nitrogens with two attached hydrogens (primary N) is 1. The molecule has 1 aromatic carbocycles. The molecule has 1 aromatic heterocycles. The van der Waals surface area contributed by atoms with Crippen LogP contribution in [0.25, 0.3) is 11.1 Å². The molecule has 8 nitrogen and oxygen atoms in total. The van der Waals surface area contributed by atoms with Gasteiger partial charge in [0.25, 0.3) is 5.56 Å². The smallest absolute Gasteiger partial charge is 0.342 e. The van der Waals surface area contributed by atoms with E-state index in [1.165, 1.54) is 0 Å². The Hall–Kier alpha value is -3.13. The van der Waals surface area contributed by atoms with Gasteiger partial charge in [-0.05, 0) is 25.2 Å². The Morgan fingerprint density at radius 2 is 1.71 bits per heavy atom. The molecule has 126 valence electrons. The van der Waals surface area contributed by atoms with Gasteiger partial charge < -0.3 is 25.8 Å². The Bertz CT molecular complexity index is 871. The summed E-state index contributed by atoms with van der Waals surface area (Å²) in [5, 5.41) is 18.9. The van der Waals surface area contributed by atoms with Crippen molar-refractivity contribution < 1.29 is 19.8 Å². The summed E-state index contributed by atoms with van der Waals surface area (Å²) < 4.78 is 0. The second-order valence-corrected chi connectivity index (χ2v) is 5.50. The zero-order chi connectivity index (χ0) is 18.0. The number of carboxylic acid groups (broad SMARTS) is 2. The van der Waals surface area contributed by atoms with Crippen LogP contribution < -0.4 is 11.3 Å². The van der Waals surface area contributed by atoms with E-state index in [-0.39, 0.29) is 11.4 Å². The van der Waals surface area contributed by atoms with Gasteiger partial charge in [0.1, 0.15) is 16.9 Å². The van der Waals surface area contributed by atoms with Crippen molar-refractivity contribution in [2.45, 2.75) is 6.54 Å². The van der Waals surface area contributed by atoms with Crippen molar-refractivity contribution in [1.29, 1.82) is 0 Å². The highest BCUT2D eigenvalue weighted by molar-refractivity contribution is 6.07. The first-order chi connectivity index (χ1) is 11.2. The molecule has 2 aromatic rings. The number of pyridine rings is 1. The predicted octanol–water partition coefficient (Wildman–Crippen LogP) is 1.08. The number of nitrogens with one attached hydrogen (secondary N) is 1. The summed E-state index contributed by atoms with van der Waals surface area (Å²) in [5.74, 6) is -3.32. The summed E-state index contributed by atoms with van der Waals surface area (Å²) in [4.78, 5) is 39.2. The molecule has 0 saturated carbocycles. The van der Waals surface area contributed by atoms with E-state index in [0.29, 0.717) is 17.7 Å². The van der Waals surface area contributed by atoms with Crippen LogP contribution in [0.2, 0.25) is 0 Å². The van der Waals surface area contributed by atoms with Crippen LogP contribution in [-0.4, -0.2) is 46.1 Å². The first-order valence-corrected chi connectivity index (χ1v) is 6.99. The molecule has 0 radical (unpaired) electrons. The lowest BCUT2D eigenvalue weighted by Crippen LogP contribution is -2.24. The van der Waals surface area contributed by atoms with E-state index in [4.69, 9.17) is 5.73 Å². The van der Waals surface area contributed by atoms with Crippen molar-refractivity contribution in [3.8, 4) is 11.1 Å². The maximum Gasteiger partial charge on any atom is 0.342 e. The second kappa shape index (κ2) is 6.55. The largest absolute Gasteiger partial charge is 0.478 e. The molecule has 0 aliphatic rings. The van der Waals surface area contributed by atoms with Crippen LogP contribution in [0.4, 0.5) is 5.82 Å². The fourth-order valence-electron chi connectivity index (χ4n) is 2.56. The molecule has 0 amide bonds. The fourth-order valence-corrected chi connectivity index (χ4v) is 2.56. The average molecular weight is 331 g/mol. The number of anilines is 1. The van der Waals surface area contributed by atoms with Gasteiger partial charge in [-0.15, -0.1) is 0 Å². The van der Waals surface area contributed by atoms with E-state index in [2.05, 4.69) is 4.98 Å². The minimum atomic E-state index is -1.52. The molecule has 0 aliphatic carbocycles. The number of nitrogens with zero attached hydrogens (tertiary/aromatic N) is 1. The highest BCUT2D eigenvalue weighted by Gasteiger charge is 2.27. The first-order valence-electron chi connectivity index (χ1n) is 6.99. The minimum Gasteiger partial charge on any atom is -0.478 e. The third kappa shape index (κ3) is 3.13. The van der Waals surface area contributed by atoms with Crippen LogP contribution >= 0.6 is 0 Å². The molecule has 0 fully saturated rings. The van der Waals surface area contributed by atoms with Gasteiger partial charge in [0, 0.05) is 12.1 Å². The lowest BCUT2D eigenvalue weighted by molar-refractivity contribution is 0.0695. The van der Waals surface area contributed by atoms with Crippen molar-refractivity contribution in [3.63, 3.8) is 0 Å². The van der Waals surface area contributed by atoms with E-state index < -0.39 is 28.6 Å². The molecule has 24 heavy (non-hydrogen) atoms. The monoisotopic (exact) mass is 331 g/mol. The van der Waals surface area contributed by atoms with Gasteiger partial charge in [0.2, 0.25) is 0 Å². The van der Waals surface area contributed by atoms with Gasteiger partial charge in [-0.25, -0.2) is 9.59 Å². The zero-order valence-corrected chi connectivity index (χ0v) is 13.2. The number of carbonyl (C=O) groups is 2. The van der Waals surface area contributed by atoms with Crippen LogP contribution in [-0.2, 0) is 6.54 Å². The Kier molecular flexibility index (Phi) is 4.70. The van der Waals surface area contributed by atoms with Crippen LogP contribution in [0, 0.1) is 0 Å². The van der Waals surface area contributed by atoms with Gasteiger partial charge in [-0.2, -0.15) is 0 Å². The Morgan fingerprint density at radius 3 is 2.25 bits per heavy atom. The number of nitrogen functional groups attached to an aromatic ring is 1. The van der Waals surface area contributed by atoms with E-state index in [1.54, 1.807) is 24.3 Å². The molecule has 0 saturated heterocycles. The van der Waals surface area contributed by atoms with Gasteiger partial charge in [-0.1, -0.05) is 24.3 Å². The molecule has 5 N–H and O–H groups in total. The maximum atomic E-state index is 12.1. The topological polar surface area (TPSA) is 137 Å². The highest BCUT2D eigenvalue weighted by Crippen LogP contribution is 2.32. The summed E-state index contributed by atoms with van der Waals surface area (Å²) in [6, 6.07) is 6.71. The molecule has 2 rings (SSSR count). The average Bonchev–Trinajstić information content (AvgIpc) is 2.45. The second-order valence-electron chi connectivity index (χ2n) is 5.50. The quantitative estimate of drug-likeness (QED) is 0.643. The molecule has 0 bridgehead atoms. The molecular weight excluding hydrogens is 314 g/mol. The number of hydrogen-bond acceptors (Lipinski definition) is 5. The standard InChI is InChI=1S/C16H17N3O5/c1-19(2)7-8-5-3-4-6-9(8)10-11(15(21)22)13(17)18-14(20)12(10)16(23)24/h3-6H,7H2,1-2H3,(H,21,22)(H,23,24)(H3,17,18,20). The molecule has 0 aliphatic heterocycles. The summed E-state index contributed by atoms with van der Waals surface area (Å²) >= 11 is 0. The first kappa shape index (κ1) is 17.2. The van der Waals surface area contributed by atoms with Crippen LogP contribution in [0.5, 0.6) is 0 Å². The van der Waals surface area contributed by atoms with Crippen molar-refractivity contribution in [3.05, 3.63) is 51.3 Å². The molecule has 0 atom stereocenters. The summed E-state index contributed by atoms with van der Waals surface area (Å²) in [6.45, 7) is 0.432. The third-order valence-electron chi connectivity index (χ3n) is 3.45. The van der Waals surface area contributed by atoms with Crippen LogP contribution in [0.1, 0.15) is 26.3 Å². The number of benzene rings is 1. The SMILES string of the molecule is CN(C)Cc1ccccc1-c1c(C(=O)O)c(N)[nH]c(=O)c1C(=O)O. The predicted molar refractivity (Wildman–Crippen MR) is 88.2 cm³/mol. The van der Waals surface area contributed by atoms with E-state index in [0.717, 1.165) is 0 Å². The van der Waals surface area contributed by atoms with Gasteiger partial charge in [0.15, 0.2) is 0 Å². The Labute approximate surface area is 137 Å². The zero-order valence-electron chi connectivity index (χ0n) is 13.2. The van der Waals surface area contributed by atoms with Crippen molar-refractivity contribution in [2.75, 3.05) is 19.8 Å². The number of rotatable bonds is 5. The van der Waals surface area contributed by atoms with E-state index in [9.17, 15) is 24.6 Å². The van der Waals surface area contributed by atoms with Crippen molar-refractivity contribution in [2.24, 2.45) is 0 Å². The molecule has 8 heteroatoms. The summed E-state index contributed by atoms with van der Waals surface area (Å²) in [5.41, 5.74) is 4.46. The fraction of sp³-hybridized carbons (Fsp3) is 0.188. The molecule has 0 spiro atoms. The lowest BCUT2D eigenvalue weighted by Gasteiger charge is -2.17. The number of H-pyrrole nitrogens is 1. The van der Waals surface area contributed by atoms with Gasteiger partial charge in [-0.3, -0.25) is 4.79 Å². The number of hydrogen-bond donors (Lipinski definition) is 4. The number of aromatic amines is 1. The molecule has 1 heterocycles. The van der Waals surface area contributed by atoms with Gasteiger partial charge in [0.05, 0.1) is 0 Å². The van der Waals surface area contributed by atoms with Crippen molar-refractivity contribution >= 4 is 17.8 Å². The van der Waals surface area contributed by atoms with Crippen LogP contribution in [0.3, 0.4) is 0 Å². The van der Waals surface area contributed by atoms with Crippen molar-refractivity contribution in [1.82, 2.24) is 9.88 Å². The molecular formula is C16H17N3O5. The Morgan fingerprint density at radius 1 is 1.12 bits per heavy atom. The number of aromatic carboxylic acids is 2.